The van der Waals surface area contributed by atoms with E-state index < -0.39 is 23.3 Å². The third-order valence-corrected chi connectivity index (χ3v) is 4.21. The highest BCUT2D eigenvalue weighted by atomic mass is 35.5. The Labute approximate surface area is 158 Å². The standard InChI is InChI=1S/C17H18ClF3N4O2/c1-9(2)14(15(26)22-3)24-12-8-23-25(16(27)13(12)18)11-6-4-5-10(7-11)17(19,20)21/h4-9,14,24H,1-3H3,(H,22,26). The number of carbonyl (C=O) groups excluding carboxylic acids is 1. The number of anilines is 1. The second-order valence-corrected chi connectivity index (χ2v) is 6.50. The van der Waals surface area contributed by atoms with E-state index in [4.69, 9.17) is 11.6 Å². The highest BCUT2D eigenvalue weighted by Gasteiger charge is 2.31. The maximum Gasteiger partial charge on any atom is 0.416 e. The summed E-state index contributed by atoms with van der Waals surface area (Å²) in [6.07, 6.45) is -3.36. The van der Waals surface area contributed by atoms with E-state index in [-0.39, 0.29) is 28.2 Å². The van der Waals surface area contributed by atoms with Crippen molar-refractivity contribution in [1.82, 2.24) is 15.1 Å². The zero-order valence-electron chi connectivity index (χ0n) is 14.8. The summed E-state index contributed by atoms with van der Waals surface area (Å²) in [7, 11) is 1.48. The van der Waals surface area contributed by atoms with E-state index in [0.29, 0.717) is 0 Å². The molecule has 0 saturated heterocycles. The van der Waals surface area contributed by atoms with Gasteiger partial charge < -0.3 is 10.6 Å². The van der Waals surface area contributed by atoms with Crippen molar-refractivity contribution in [2.45, 2.75) is 26.1 Å². The maximum atomic E-state index is 12.9. The van der Waals surface area contributed by atoms with E-state index in [9.17, 15) is 22.8 Å². The molecule has 0 fully saturated rings. The first-order valence-electron chi connectivity index (χ1n) is 8.00. The van der Waals surface area contributed by atoms with Crippen LogP contribution in [-0.2, 0) is 11.0 Å². The third-order valence-electron chi connectivity index (χ3n) is 3.84. The van der Waals surface area contributed by atoms with Gasteiger partial charge in [0.25, 0.3) is 5.56 Å². The molecule has 0 radical (unpaired) electrons. The molecular formula is C17H18ClF3N4O2. The van der Waals surface area contributed by atoms with Crippen LogP contribution >= 0.6 is 11.6 Å². The van der Waals surface area contributed by atoms with Crippen LogP contribution in [0.25, 0.3) is 5.69 Å². The molecule has 1 aromatic carbocycles. The molecule has 0 saturated carbocycles. The minimum absolute atomic E-state index is 0.0741. The lowest BCUT2D eigenvalue weighted by Gasteiger charge is -2.22. The predicted octanol–water partition coefficient (Wildman–Crippen LogP) is 3.09. The molecule has 0 aliphatic carbocycles. The lowest BCUT2D eigenvalue weighted by Crippen LogP contribution is -2.42. The Morgan fingerprint density at radius 2 is 1.96 bits per heavy atom. The molecule has 2 aromatic rings. The van der Waals surface area contributed by atoms with E-state index in [1.807, 2.05) is 0 Å². The molecule has 1 heterocycles. The Bertz CT molecular complexity index is 896. The molecule has 2 N–H and O–H groups in total. The van der Waals surface area contributed by atoms with Crippen molar-refractivity contribution in [3.63, 3.8) is 0 Å². The first-order chi connectivity index (χ1) is 12.6. The Morgan fingerprint density at radius 1 is 1.30 bits per heavy atom. The largest absolute Gasteiger partial charge is 0.416 e. The van der Waals surface area contributed by atoms with Crippen molar-refractivity contribution in [3.05, 3.63) is 51.4 Å². The third kappa shape index (κ3) is 4.60. The molecule has 146 valence electrons. The van der Waals surface area contributed by atoms with Gasteiger partial charge in [-0.15, -0.1) is 0 Å². The average molecular weight is 403 g/mol. The van der Waals surface area contributed by atoms with Gasteiger partial charge in [-0.25, -0.2) is 0 Å². The Hall–Kier alpha value is -2.55. The minimum Gasteiger partial charge on any atom is -0.371 e. The van der Waals surface area contributed by atoms with E-state index >= 15 is 0 Å². The predicted molar refractivity (Wildman–Crippen MR) is 96.2 cm³/mol. The second kappa shape index (κ2) is 7.99. The molecule has 0 spiro atoms. The van der Waals surface area contributed by atoms with E-state index in [2.05, 4.69) is 15.7 Å². The molecule has 0 aliphatic rings. The van der Waals surface area contributed by atoms with Crippen molar-refractivity contribution >= 4 is 23.2 Å². The summed E-state index contributed by atoms with van der Waals surface area (Å²) in [4.78, 5) is 24.4. The fraction of sp³-hybridized carbons (Fsp3) is 0.353. The second-order valence-electron chi connectivity index (χ2n) is 6.12. The van der Waals surface area contributed by atoms with E-state index in [0.717, 1.165) is 16.8 Å². The number of nitrogens with one attached hydrogen (secondary N) is 2. The SMILES string of the molecule is CNC(=O)C(Nc1cnn(-c2cccc(C(F)(F)F)c2)c(=O)c1Cl)C(C)C. The Kier molecular flexibility index (Phi) is 6.15. The molecule has 1 atom stereocenters. The van der Waals surface area contributed by atoms with Crippen molar-refractivity contribution in [1.29, 1.82) is 0 Å². The van der Waals surface area contributed by atoms with Gasteiger partial charge in [0.2, 0.25) is 5.91 Å². The molecular weight excluding hydrogens is 385 g/mol. The molecule has 27 heavy (non-hydrogen) atoms. The number of alkyl halides is 3. The van der Waals surface area contributed by atoms with Gasteiger partial charge >= 0.3 is 6.18 Å². The number of hydrogen-bond acceptors (Lipinski definition) is 4. The monoisotopic (exact) mass is 402 g/mol. The molecule has 2 rings (SSSR count). The number of aromatic nitrogens is 2. The van der Waals surface area contributed by atoms with E-state index in [1.165, 1.54) is 25.4 Å². The van der Waals surface area contributed by atoms with Gasteiger partial charge in [0, 0.05) is 7.05 Å². The zero-order chi connectivity index (χ0) is 20.4. The smallest absolute Gasteiger partial charge is 0.371 e. The number of carbonyl (C=O) groups is 1. The highest BCUT2D eigenvalue weighted by Crippen LogP contribution is 2.30. The lowest BCUT2D eigenvalue weighted by atomic mass is 10.0. The molecule has 0 bridgehead atoms. The summed E-state index contributed by atoms with van der Waals surface area (Å²) < 4.78 is 39.4. The van der Waals surface area contributed by atoms with Crippen molar-refractivity contribution in [2.75, 3.05) is 12.4 Å². The number of hydrogen-bond donors (Lipinski definition) is 2. The van der Waals surface area contributed by atoms with Gasteiger partial charge in [0.1, 0.15) is 11.1 Å². The molecule has 1 unspecified atom stereocenters. The summed E-state index contributed by atoms with van der Waals surface area (Å²) in [6, 6.07) is 3.52. The summed E-state index contributed by atoms with van der Waals surface area (Å²) >= 11 is 6.08. The maximum absolute atomic E-state index is 12.9. The van der Waals surface area contributed by atoms with Gasteiger partial charge in [-0.3, -0.25) is 9.59 Å². The van der Waals surface area contributed by atoms with Crippen molar-refractivity contribution in [3.8, 4) is 5.69 Å². The van der Waals surface area contributed by atoms with Crippen molar-refractivity contribution in [2.24, 2.45) is 5.92 Å². The normalized spacial score (nSPS) is 12.7. The summed E-state index contributed by atoms with van der Waals surface area (Å²) in [5.74, 6) is -0.421. The number of amides is 1. The molecule has 10 heteroatoms. The molecule has 6 nitrogen and oxygen atoms in total. The van der Waals surface area contributed by atoms with Crippen LogP contribution in [0.2, 0.25) is 5.02 Å². The lowest BCUT2D eigenvalue weighted by molar-refractivity contribution is -0.137. The first kappa shape index (κ1) is 20.8. The summed E-state index contributed by atoms with van der Waals surface area (Å²) in [5, 5.41) is 8.96. The van der Waals surface area contributed by atoms with E-state index in [1.54, 1.807) is 13.8 Å². The molecule has 1 amide bonds. The minimum atomic E-state index is -4.55. The number of rotatable bonds is 5. The van der Waals surface area contributed by atoms with Crippen LogP contribution in [0.15, 0.2) is 35.3 Å². The van der Waals surface area contributed by atoms with Crippen LogP contribution in [0, 0.1) is 5.92 Å². The molecule has 0 aliphatic heterocycles. The van der Waals surface area contributed by atoms with Crippen LogP contribution in [-0.4, -0.2) is 28.8 Å². The Morgan fingerprint density at radius 3 is 2.52 bits per heavy atom. The average Bonchev–Trinajstić information content (AvgIpc) is 2.61. The van der Waals surface area contributed by atoms with Crippen LogP contribution < -0.4 is 16.2 Å². The van der Waals surface area contributed by atoms with Gasteiger partial charge in [0.15, 0.2) is 0 Å². The summed E-state index contributed by atoms with van der Waals surface area (Å²) in [6.45, 7) is 3.61. The fourth-order valence-corrected chi connectivity index (χ4v) is 2.57. The molecule has 1 aromatic heterocycles. The number of likely N-dealkylation sites (N-methyl/N-ethyl adjacent to an activating group) is 1. The van der Waals surface area contributed by atoms with Crippen LogP contribution in [0.3, 0.4) is 0 Å². The van der Waals surface area contributed by atoms with Crippen LogP contribution in [0.5, 0.6) is 0 Å². The summed E-state index contributed by atoms with van der Waals surface area (Å²) in [5.41, 5.74) is -1.67. The van der Waals surface area contributed by atoms with Gasteiger partial charge in [-0.2, -0.15) is 23.0 Å². The van der Waals surface area contributed by atoms with Crippen LogP contribution in [0.4, 0.5) is 18.9 Å². The first-order valence-corrected chi connectivity index (χ1v) is 8.37. The van der Waals surface area contributed by atoms with Gasteiger partial charge in [-0.05, 0) is 24.1 Å². The fourth-order valence-electron chi connectivity index (χ4n) is 2.39. The van der Waals surface area contributed by atoms with Gasteiger partial charge in [0.05, 0.1) is 23.1 Å². The quantitative estimate of drug-likeness (QED) is 0.805. The topological polar surface area (TPSA) is 76.0 Å². The van der Waals surface area contributed by atoms with Crippen molar-refractivity contribution < 1.29 is 18.0 Å². The van der Waals surface area contributed by atoms with Crippen LogP contribution in [0.1, 0.15) is 19.4 Å². The zero-order valence-corrected chi connectivity index (χ0v) is 15.5. The highest BCUT2D eigenvalue weighted by molar-refractivity contribution is 6.33. The number of nitrogens with zero attached hydrogens (tertiary/aromatic N) is 2. The van der Waals surface area contributed by atoms with Gasteiger partial charge in [-0.1, -0.05) is 31.5 Å². The Balaban J connectivity index is 2.44. The number of benzene rings is 1. The number of halogens is 4.